The van der Waals surface area contributed by atoms with Gasteiger partial charge in [0.05, 0.1) is 11.4 Å². The van der Waals surface area contributed by atoms with Crippen molar-refractivity contribution in [3.63, 3.8) is 0 Å². The van der Waals surface area contributed by atoms with Gasteiger partial charge in [0.2, 0.25) is 0 Å². The highest BCUT2D eigenvalue weighted by Gasteiger charge is 2.21. The minimum atomic E-state index is 0.741. The van der Waals surface area contributed by atoms with E-state index in [0.717, 1.165) is 65.7 Å². The van der Waals surface area contributed by atoms with E-state index in [1.54, 1.807) is 22.7 Å². The minimum Gasteiger partial charge on any atom is -0.227 e. The SMILES string of the molecule is c1ccc(-c2ccc(-c3nc(-c4cccc(-c5cc6ccccc6c6ccccc56)c4)c4c(n3)sc3ccccc34)cc2)cc1.c1ccc(-c2ccc(-c3nc(-c4cccc(-c5ccc6c(ccc7ccccc76)c5)c4)c4c(n3)sc3ccccc34)cc2)cc1. The molecule has 0 aliphatic carbocycles. The number of benzene rings is 14. The Bertz CT molecular complexity index is 5780. The summed E-state index contributed by atoms with van der Waals surface area (Å²) in [5, 5.41) is 14.7. The van der Waals surface area contributed by atoms with Crippen LogP contribution in [0, 0.1) is 0 Å². The first kappa shape index (κ1) is 53.0. The van der Waals surface area contributed by atoms with Gasteiger partial charge in [0.25, 0.3) is 0 Å². The Morgan fingerprint density at radius 2 is 0.567 bits per heavy atom. The van der Waals surface area contributed by atoms with Crippen molar-refractivity contribution in [2.45, 2.75) is 0 Å². The Morgan fingerprint density at radius 1 is 0.200 bits per heavy atom. The van der Waals surface area contributed by atoms with Crippen LogP contribution in [0.5, 0.6) is 0 Å². The third-order valence-corrected chi connectivity index (χ3v) is 19.5. The molecule has 0 saturated heterocycles. The van der Waals surface area contributed by atoms with E-state index in [9.17, 15) is 0 Å². The molecule has 420 valence electrons. The molecule has 4 nitrogen and oxygen atoms in total. The van der Waals surface area contributed by atoms with Crippen molar-refractivity contribution in [3.05, 3.63) is 315 Å². The van der Waals surface area contributed by atoms with Crippen LogP contribution in [0.25, 0.3) is 173 Å². The van der Waals surface area contributed by atoms with Crippen molar-refractivity contribution >= 4 is 106 Å². The lowest BCUT2D eigenvalue weighted by atomic mass is 9.92. The molecule has 0 bridgehead atoms. The topological polar surface area (TPSA) is 51.6 Å². The summed E-state index contributed by atoms with van der Waals surface area (Å²) in [7, 11) is 0. The molecule has 0 fully saturated rings. The van der Waals surface area contributed by atoms with Gasteiger partial charge < -0.3 is 0 Å². The summed E-state index contributed by atoms with van der Waals surface area (Å²) in [5.41, 5.74) is 15.6. The Labute approximate surface area is 528 Å². The Kier molecular flexibility index (Phi) is 13.2. The molecule has 0 amide bonds. The van der Waals surface area contributed by atoms with Crippen LogP contribution in [0.1, 0.15) is 0 Å². The van der Waals surface area contributed by atoms with E-state index in [0.29, 0.717) is 0 Å². The molecule has 0 aliphatic heterocycles. The maximum Gasteiger partial charge on any atom is 0.161 e. The zero-order valence-electron chi connectivity index (χ0n) is 48.6. The molecule has 4 aromatic heterocycles. The number of hydrogen-bond acceptors (Lipinski definition) is 6. The molecule has 0 aliphatic rings. The monoisotopic (exact) mass is 1180 g/mol. The number of rotatable bonds is 8. The van der Waals surface area contributed by atoms with Crippen LogP contribution in [0.2, 0.25) is 0 Å². The summed E-state index contributed by atoms with van der Waals surface area (Å²) in [4.78, 5) is 22.9. The van der Waals surface area contributed by atoms with E-state index >= 15 is 0 Å². The maximum absolute atomic E-state index is 5.31. The lowest BCUT2D eigenvalue weighted by molar-refractivity contribution is 1.24. The van der Waals surface area contributed by atoms with Gasteiger partial charge in [-0.2, -0.15) is 0 Å². The first-order chi connectivity index (χ1) is 44.6. The first-order valence-electron chi connectivity index (χ1n) is 30.3. The van der Waals surface area contributed by atoms with Gasteiger partial charge in [0.1, 0.15) is 9.66 Å². The zero-order valence-corrected chi connectivity index (χ0v) is 50.3. The van der Waals surface area contributed by atoms with E-state index in [-0.39, 0.29) is 0 Å². The summed E-state index contributed by atoms with van der Waals surface area (Å²) < 4.78 is 2.44. The van der Waals surface area contributed by atoms with Gasteiger partial charge in [0, 0.05) is 53.2 Å². The molecule has 0 spiro atoms. The van der Waals surface area contributed by atoms with Crippen LogP contribution in [0.3, 0.4) is 0 Å². The smallest absolute Gasteiger partial charge is 0.161 e. The van der Waals surface area contributed by atoms with Gasteiger partial charge in [0.15, 0.2) is 11.6 Å². The minimum absolute atomic E-state index is 0.741. The fourth-order valence-corrected chi connectivity index (χ4v) is 15.1. The van der Waals surface area contributed by atoms with Crippen LogP contribution in [-0.2, 0) is 0 Å². The second kappa shape index (κ2) is 22.5. The van der Waals surface area contributed by atoms with Crippen LogP contribution < -0.4 is 0 Å². The highest BCUT2D eigenvalue weighted by atomic mass is 32.1. The number of hydrogen-bond donors (Lipinski definition) is 0. The maximum atomic E-state index is 5.31. The summed E-state index contributed by atoms with van der Waals surface area (Å²) in [5.74, 6) is 1.48. The van der Waals surface area contributed by atoms with Crippen molar-refractivity contribution in [2.75, 3.05) is 0 Å². The number of nitrogens with zero attached hydrogens (tertiary/aromatic N) is 4. The second-order valence-corrected chi connectivity index (χ2v) is 24.9. The molecule has 18 rings (SSSR count). The van der Waals surface area contributed by atoms with Gasteiger partial charge in [-0.3, -0.25) is 0 Å². The number of fused-ring (bicyclic) bond motifs is 12. The molecule has 0 atom stereocenters. The van der Waals surface area contributed by atoms with E-state index in [4.69, 9.17) is 19.9 Å². The van der Waals surface area contributed by atoms with Crippen LogP contribution in [0.15, 0.2) is 315 Å². The van der Waals surface area contributed by atoms with Crippen molar-refractivity contribution in [1.29, 1.82) is 0 Å². The van der Waals surface area contributed by atoms with Gasteiger partial charge in [-0.15, -0.1) is 22.7 Å². The quantitative estimate of drug-likeness (QED) is 0.142. The summed E-state index contributed by atoms with van der Waals surface area (Å²) >= 11 is 3.46. The second-order valence-electron chi connectivity index (χ2n) is 22.8. The van der Waals surface area contributed by atoms with Gasteiger partial charge >= 0.3 is 0 Å². The van der Waals surface area contributed by atoms with E-state index in [2.05, 4.69) is 303 Å². The van der Waals surface area contributed by atoms with Crippen molar-refractivity contribution in [1.82, 2.24) is 19.9 Å². The van der Waals surface area contributed by atoms with Crippen molar-refractivity contribution < 1.29 is 0 Å². The van der Waals surface area contributed by atoms with Gasteiger partial charge in [-0.05, 0) is 124 Å². The van der Waals surface area contributed by atoms with E-state index < -0.39 is 0 Å². The molecular weight excluding hydrogens is 1130 g/mol. The largest absolute Gasteiger partial charge is 0.227 e. The number of aromatic nitrogens is 4. The fraction of sp³-hybridized carbons (Fsp3) is 0. The average molecular weight is 1180 g/mol. The molecule has 18 aromatic rings. The standard InChI is InChI=1S/2C42H26N2S/c1-2-11-27(12-3-1)28-21-23-29(24-22-28)41-43-40(39-36-19-8-9-20-38(36)45-42(39)44-41)32-15-10-14-30(25-32)37-26-31-13-4-5-16-33(31)34-17-6-7-18-35(34)37;1-2-9-27(10-3-1)28-17-20-30(21-18-28)41-43-40(39-37-15-6-7-16-38(37)45-42(39)44-41)34-13-8-12-31(26-34)32-23-24-36-33(25-32)22-19-29-11-4-5-14-35(29)36/h2*1-26H. The summed E-state index contributed by atoms with van der Waals surface area (Å²) in [6.07, 6.45) is 0. The predicted octanol–water partition coefficient (Wildman–Crippen LogP) is 23.6. The molecule has 14 aromatic carbocycles. The molecule has 0 unspecified atom stereocenters. The summed E-state index contributed by atoms with van der Waals surface area (Å²) in [6, 6.07) is 112. The van der Waals surface area contributed by atoms with Crippen LogP contribution >= 0.6 is 22.7 Å². The molecule has 0 N–H and O–H groups in total. The Balaban J connectivity index is 0.000000139. The highest BCUT2D eigenvalue weighted by molar-refractivity contribution is 7.26. The fourth-order valence-electron chi connectivity index (χ4n) is 13.0. The molecule has 0 radical (unpaired) electrons. The van der Waals surface area contributed by atoms with Gasteiger partial charge in [-0.1, -0.05) is 279 Å². The normalized spacial score (nSPS) is 11.6. The zero-order chi connectivity index (χ0) is 59.5. The first-order valence-corrected chi connectivity index (χ1v) is 32.0. The lowest BCUT2D eigenvalue weighted by Gasteiger charge is -2.13. The lowest BCUT2D eigenvalue weighted by Crippen LogP contribution is -1.94. The molecule has 6 heteroatoms. The van der Waals surface area contributed by atoms with Crippen molar-refractivity contribution in [2.24, 2.45) is 0 Å². The number of thiophene rings is 2. The third-order valence-electron chi connectivity index (χ3n) is 17.4. The third kappa shape index (κ3) is 9.63. The van der Waals surface area contributed by atoms with Crippen LogP contribution in [0.4, 0.5) is 0 Å². The molecule has 0 saturated carbocycles. The van der Waals surface area contributed by atoms with E-state index in [1.165, 1.54) is 108 Å². The Hall–Kier alpha value is -11.3. The van der Waals surface area contributed by atoms with E-state index in [1.807, 2.05) is 12.1 Å². The highest BCUT2D eigenvalue weighted by Crippen LogP contribution is 2.44. The van der Waals surface area contributed by atoms with Crippen LogP contribution in [-0.4, -0.2) is 19.9 Å². The predicted molar refractivity (Wildman–Crippen MR) is 383 cm³/mol. The Morgan fingerprint density at radius 3 is 1.14 bits per heavy atom. The molecule has 90 heavy (non-hydrogen) atoms. The summed E-state index contributed by atoms with van der Waals surface area (Å²) in [6.45, 7) is 0. The van der Waals surface area contributed by atoms with Crippen molar-refractivity contribution in [3.8, 4) is 89.8 Å². The molecule has 4 heterocycles. The van der Waals surface area contributed by atoms with Gasteiger partial charge in [-0.25, -0.2) is 19.9 Å². The molecular formula is C84H52N4S2. The average Bonchev–Trinajstić information content (AvgIpc) is 2.26.